The molecule has 0 fully saturated rings. The third-order valence-corrected chi connectivity index (χ3v) is 1.93. The van der Waals surface area contributed by atoms with Crippen LogP contribution in [0.5, 0.6) is 5.75 Å². The number of nitrogens with one attached hydrogen (secondary N) is 2. The summed E-state index contributed by atoms with van der Waals surface area (Å²) < 4.78 is 5.02. The normalized spacial score (nSPS) is 9.47. The molecule has 82 valence electrons. The number of rotatable bonds is 5. The van der Waals surface area contributed by atoms with E-state index < -0.39 is 0 Å². The Hall–Kier alpha value is -1.75. The van der Waals surface area contributed by atoms with E-state index in [4.69, 9.17) is 10.6 Å². The third kappa shape index (κ3) is 3.86. The Labute approximate surface area is 88.6 Å². The van der Waals surface area contributed by atoms with E-state index in [9.17, 15) is 4.79 Å². The van der Waals surface area contributed by atoms with Crippen LogP contribution in [0.15, 0.2) is 24.3 Å². The number of carbonyl (C=O) groups excluding carboxylic acids is 1. The first-order chi connectivity index (χ1) is 7.26. The summed E-state index contributed by atoms with van der Waals surface area (Å²) in [4.78, 5) is 10.8. The Bertz CT molecular complexity index is 311. The Kier molecular flexibility index (Phi) is 4.43. The van der Waals surface area contributed by atoms with Gasteiger partial charge in [0.1, 0.15) is 5.75 Å². The summed E-state index contributed by atoms with van der Waals surface area (Å²) in [6, 6.07) is 7.48. The lowest BCUT2D eigenvalue weighted by molar-refractivity contribution is -0.120. The highest BCUT2D eigenvalue weighted by molar-refractivity contribution is 5.75. The molecule has 4 N–H and O–H groups in total. The monoisotopic (exact) mass is 209 g/mol. The van der Waals surface area contributed by atoms with E-state index in [0.29, 0.717) is 13.0 Å². The van der Waals surface area contributed by atoms with Crippen LogP contribution in [0.25, 0.3) is 0 Å². The lowest BCUT2D eigenvalue weighted by Gasteiger charge is -2.06. The minimum atomic E-state index is -0.184. The van der Waals surface area contributed by atoms with Crippen molar-refractivity contribution in [2.75, 3.05) is 19.0 Å². The maximum atomic E-state index is 10.8. The number of hydrogen-bond acceptors (Lipinski definition) is 4. The van der Waals surface area contributed by atoms with Crippen LogP contribution in [-0.4, -0.2) is 19.6 Å². The van der Waals surface area contributed by atoms with Gasteiger partial charge < -0.3 is 10.1 Å². The van der Waals surface area contributed by atoms with Crippen LogP contribution in [0.4, 0.5) is 5.69 Å². The first-order valence-electron chi connectivity index (χ1n) is 4.63. The van der Waals surface area contributed by atoms with Gasteiger partial charge in [-0.15, -0.1) is 0 Å². The molecule has 1 rings (SSSR count). The number of methoxy groups -OCH3 is 1. The van der Waals surface area contributed by atoms with E-state index in [0.717, 1.165) is 11.4 Å². The van der Waals surface area contributed by atoms with Crippen LogP contribution in [0.1, 0.15) is 6.42 Å². The second-order valence-corrected chi connectivity index (χ2v) is 2.97. The van der Waals surface area contributed by atoms with E-state index in [1.807, 2.05) is 24.3 Å². The molecule has 0 aliphatic heterocycles. The van der Waals surface area contributed by atoms with Gasteiger partial charge in [0, 0.05) is 18.7 Å². The fourth-order valence-electron chi connectivity index (χ4n) is 1.10. The van der Waals surface area contributed by atoms with Crippen molar-refractivity contribution in [3.8, 4) is 5.75 Å². The molecular formula is C10H15N3O2. The average Bonchev–Trinajstić information content (AvgIpc) is 2.29. The van der Waals surface area contributed by atoms with Crippen molar-refractivity contribution >= 4 is 11.6 Å². The fourth-order valence-corrected chi connectivity index (χ4v) is 1.10. The van der Waals surface area contributed by atoms with Gasteiger partial charge in [-0.2, -0.15) is 0 Å². The molecule has 0 atom stereocenters. The van der Waals surface area contributed by atoms with Crippen molar-refractivity contribution in [2.24, 2.45) is 5.84 Å². The highest BCUT2D eigenvalue weighted by atomic mass is 16.5. The topological polar surface area (TPSA) is 76.4 Å². The minimum Gasteiger partial charge on any atom is -0.497 e. The maximum absolute atomic E-state index is 10.8. The molecule has 1 aromatic carbocycles. The summed E-state index contributed by atoms with van der Waals surface area (Å²) in [5, 5.41) is 3.09. The number of nitrogens with two attached hydrogens (primary N) is 1. The molecule has 0 saturated heterocycles. The largest absolute Gasteiger partial charge is 0.497 e. The fraction of sp³-hybridized carbons (Fsp3) is 0.300. The van der Waals surface area contributed by atoms with Crippen LogP contribution in [0, 0.1) is 0 Å². The molecule has 15 heavy (non-hydrogen) atoms. The predicted molar refractivity (Wildman–Crippen MR) is 58.4 cm³/mol. The number of anilines is 1. The second kappa shape index (κ2) is 5.87. The van der Waals surface area contributed by atoms with Gasteiger partial charge in [-0.3, -0.25) is 10.2 Å². The summed E-state index contributed by atoms with van der Waals surface area (Å²) in [6.45, 7) is 0.551. The zero-order valence-electron chi connectivity index (χ0n) is 8.62. The van der Waals surface area contributed by atoms with Crippen LogP contribution in [0.2, 0.25) is 0 Å². The first kappa shape index (κ1) is 11.3. The second-order valence-electron chi connectivity index (χ2n) is 2.97. The van der Waals surface area contributed by atoms with Crippen LogP contribution >= 0.6 is 0 Å². The number of ether oxygens (including phenoxy) is 1. The summed E-state index contributed by atoms with van der Waals surface area (Å²) >= 11 is 0. The van der Waals surface area contributed by atoms with Gasteiger partial charge in [-0.05, 0) is 24.3 Å². The van der Waals surface area contributed by atoms with Crippen molar-refractivity contribution in [3.63, 3.8) is 0 Å². The Morgan fingerprint density at radius 2 is 2.07 bits per heavy atom. The number of benzene rings is 1. The summed E-state index contributed by atoms with van der Waals surface area (Å²) in [5.41, 5.74) is 3.02. The van der Waals surface area contributed by atoms with Crippen molar-refractivity contribution in [3.05, 3.63) is 24.3 Å². The number of carbonyl (C=O) groups is 1. The van der Waals surface area contributed by atoms with Crippen LogP contribution in [0.3, 0.4) is 0 Å². The van der Waals surface area contributed by atoms with Crippen LogP contribution < -0.4 is 21.3 Å². The average molecular weight is 209 g/mol. The Morgan fingerprint density at radius 1 is 1.40 bits per heavy atom. The van der Waals surface area contributed by atoms with E-state index in [2.05, 4.69) is 10.7 Å². The molecule has 0 bridgehead atoms. The Morgan fingerprint density at radius 3 is 2.60 bits per heavy atom. The van der Waals surface area contributed by atoms with Crippen molar-refractivity contribution in [2.45, 2.75) is 6.42 Å². The van der Waals surface area contributed by atoms with Gasteiger partial charge in [0.05, 0.1) is 7.11 Å². The molecule has 5 nitrogen and oxygen atoms in total. The molecule has 0 saturated carbocycles. The zero-order chi connectivity index (χ0) is 11.1. The molecule has 0 radical (unpaired) electrons. The van der Waals surface area contributed by atoms with E-state index in [1.54, 1.807) is 7.11 Å². The lowest BCUT2D eigenvalue weighted by atomic mass is 10.3. The lowest BCUT2D eigenvalue weighted by Crippen LogP contribution is -2.31. The SMILES string of the molecule is COc1ccc(NCCC(=O)NN)cc1. The highest BCUT2D eigenvalue weighted by Crippen LogP contribution is 2.14. The zero-order valence-corrected chi connectivity index (χ0v) is 8.62. The van der Waals surface area contributed by atoms with Gasteiger partial charge in [0.15, 0.2) is 0 Å². The molecule has 1 amide bonds. The number of amides is 1. The molecule has 0 spiro atoms. The van der Waals surface area contributed by atoms with Gasteiger partial charge >= 0.3 is 0 Å². The van der Waals surface area contributed by atoms with Gasteiger partial charge in [-0.1, -0.05) is 0 Å². The first-order valence-corrected chi connectivity index (χ1v) is 4.63. The van der Waals surface area contributed by atoms with E-state index >= 15 is 0 Å². The molecule has 0 unspecified atom stereocenters. The molecular weight excluding hydrogens is 194 g/mol. The molecule has 1 aromatic rings. The Balaban J connectivity index is 2.34. The summed E-state index contributed by atoms with van der Waals surface area (Å²) in [5.74, 6) is 5.57. The van der Waals surface area contributed by atoms with Crippen molar-refractivity contribution < 1.29 is 9.53 Å². The number of hydrogen-bond donors (Lipinski definition) is 3. The summed E-state index contributed by atoms with van der Waals surface area (Å²) in [7, 11) is 1.62. The maximum Gasteiger partial charge on any atom is 0.235 e. The molecule has 0 heterocycles. The highest BCUT2D eigenvalue weighted by Gasteiger charge is 1.97. The van der Waals surface area contributed by atoms with Gasteiger partial charge in [-0.25, -0.2) is 5.84 Å². The van der Waals surface area contributed by atoms with Crippen molar-refractivity contribution in [1.82, 2.24) is 5.43 Å². The quantitative estimate of drug-likeness (QED) is 0.374. The number of hydrazine groups is 1. The molecule has 5 heteroatoms. The van der Waals surface area contributed by atoms with Crippen molar-refractivity contribution in [1.29, 1.82) is 0 Å². The molecule has 0 aliphatic rings. The summed E-state index contributed by atoms with van der Waals surface area (Å²) in [6.07, 6.45) is 0.350. The van der Waals surface area contributed by atoms with E-state index in [1.165, 1.54) is 0 Å². The molecule has 0 aliphatic carbocycles. The van der Waals surface area contributed by atoms with E-state index in [-0.39, 0.29) is 5.91 Å². The van der Waals surface area contributed by atoms with Crippen LogP contribution in [-0.2, 0) is 4.79 Å². The standard InChI is InChI=1S/C10H15N3O2/c1-15-9-4-2-8(3-5-9)12-7-6-10(14)13-11/h2-5,12H,6-7,11H2,1H3,(H,13,14). The predicted octanol–water partition coefficient (Wildman–Crippen LogP) is 0.487. The minimum absolute atomic E-state index is 0.184. The smallest absolute Gasteiger partial charge is 0.235 e. The molecule has 0 aromatic heterocycles. The third-order valence-electron chi connectivity index (χ3n) is 1.93. The van der Waals surface area contributed by atoms with Gasteiger partial charge in [0.25, 0.3) is 0 Å². The van der Waals surface area contributed by atoms with Gasteiger partial charge in [0.2, 0.25) is 5.91 Å².